The molecule has 4 amide bonds. The Kier molecular flexibility index (Phi) is 3.52. The molecule has 1 fully saturated rings. The minimum atomic E-state index is -0.326. The van der Waals surface area contributed by atoms with E-state index in [1.165, 1.54) is 9.91 Å². The molecule has 0 aliphatic carbocycles. The SMILES string of the molecule is CCC1NC(=O)N(C(C)C)C(=O)N1NC. The smallest absolute Gasteiger partial charge is 0.316 e. The number of rotatable bonds is 3. The van der Waals surface area contributed by atoms with Gasteiger partial charge in [-0.1, -0.05) is 6.92 Å². The van der Waals surface area contributed by atoms with Gasteiger partial charge in [-0.3, -0.25) is 0 Å². The zero-order valence-corrected chi connectivity index (χ0v) is 9.57. The highest BCUT2D eigenvalue weighted by atomic mass is 16.2. The molecule has 15 heavy (non-hydrogen) atoms. The molecule has 0 aromatic rings. The molecule has 1 saturated heterocycles. The second kappa shape index (κ2) is 4.48. The van der Waals surface area contributed by atoms with Crippen LogP contribution in [0.3, 0.4) is 0 Å². The van der Waals surface area contributed by atoms with Gasteiger partial charge in [-0.15, -0.1) is 0 Å². The van der Waals surface area contributed by atoms with Crippen LogP contribution in [0, 0.1) is 0 Å². The number of amides is 4. The largest absolute Gasteiger partial charge is 0.344 e. The first-order chi connectivity index (χ1) is 7.02. The summed E-state index contributed by atoms with van der Waals surface area (Å²) in [5.41, 5.74) is 2.79. The number of urea groups is 2. The van der Waals surface area contributed by atoms with Crippen molar-refractivity contribution in [3.63, 3.8) is 0 Å². The summed E-state index contributed by atoms with van der Waals surface area (Å²) in [4.78, 5) is 24.7. The van der Waals surface area contributed by atoms with Crippen molar-refractivity contribution in [1.29, 1.82) is 0 Å². The summed E-state index contributed by atoms with van der Waals surface area (Å²) in [7, 11) is 1.66. The molecule has 1 atom stereocenters. The van der Waals surface area contributed by atoms with E-state index < -0.39 is 0 Å². The van der Waals surface area contributed by atoms with E-state index in [0.29, 0.717) is 6.42 Å². The van der Waals surface area contributed by atoms with Crippen LogP contribution in [0.1, 0.15) is 27.2 Å². The third-order valence-corrected chi connectivity index (χ3v) is 2.38. The molecule has 1 rings (SSSR count). The van der Waals surface area contributed by atoms with E-state index in [4.69, 9.17) is 0 Å². The number of nitrogens with zero attached hydrogens (tertiary/aromatic N) is 2. The van der Waals surface area contributed by atoms with Crippen molar-refractivity contribution in [2.24, 2.45) is 0 Å². The van der Waals surface area contributed by atoms with Gasteiger partial charge in [0.15, 0.2) is 0 Å². The van der Waals surface area contributed by atoms with Crippen molar-refractivity contribution < 1.29 is 9.59 Å². The standard InChI is InChI=1S/C9H18N4O2/c1-5-7-11-8(14)12(6(2)3)9(15)13(7)10-4/h6-7,10H,5H2,1-4H3,(H,11,14). The molecule has 0 spiro atoms. The first-order valence-corrected chi connectivity index (χ1v) is 5.13. The maximum absolute atomic E-state index is 11.9. The summed E-state index contributed by atoms with van der Waals surface area (Å²) in [5, 5.41) is 4.19. The first kappa shape index (κ1) is 11.8. The summed E-state index contributed by atoms with van der Waals surface area (Å²) >= 11 is 0. The van der Waals surface area contributed by atoms with Gasteiger partial charge >= 0.3 is 12.1 Å². The lowest BCUT2D eigenvalue weighted by Gasteiger charge is -2.41. The minimum absolute atomic E-state index is 0.147. The molecule has 0 aromatic carbocycles. The second-order valence-corrected chi connectivity index (χ2v) is 3.71. The molecule has 0 aromatic heterocycles. The predicted octanol–water partition coefficient (Wildman–Crippen LogP) is 0.712. The highest BCUT2D eigenvalue weighted by molar-refractivity contribution is 5.96. The summed E-state index contributed by atoms with van der Waals surface area (Å²) in [5.74, 6) is 0. The number of imide groups is 1. The molecule has 1 unspecified atom stereocenters. The van der Waals surface area contributed by atoms with Crippen LogP contribution in [0.15, 0.2) is 0 Å². The van der Waals surface area contributed by atoms with Crippen LogP contribution in [0.2, 0.25) is 0 Å². The summed E-state index contributed by atoms with van der Waals surface area (Å²) in [6.07, 6.45) is 0.398. The highest BCUT2D eigenvalue weighted by Gasteiger charge is 2.38. The number of hydrogen-bond donors (Lipinski definition) is 2. The average Bonchev–Trinajstić information content (AvgIpc) is 2.16. The Morgan fingerprint density at radius 1 is 1.47 bits per heavy atom. The predicted molar refractivity (Wildman–Crippen MR) is 55.9 cm³/mol. The Bertz CT molecular complexity index is 267. The van der Waals surface area contributed by atoms with E-state index in [9.17, 15) is 9.59 Å². The van der Waals surface area contributed by atoms with Gasteiger partial charge in [0.25, 0.3) is 0 Å². The Balaban J connectivity index is 2.90. The van der Waals surface area contributed by atoms with E-state index in [0.717, 1.165) is 0 Å². The van der Waals surface area contributed by atoms with Crippen molar-refractivity contribution in [1.82, 2.24) is 20.7 Å². The third kappa shape index (κ3) is 2.04. The van der Waals surface area contributed by atoms with E-state index in [1.54, 1.807) is 20.9 Å². The summed E-state index contributed by atoms with van der Waals surface area (Å²) < 4.78 is 0. The molecule has 0 bridgehead atoms. The van der Waals surface area contributed by atoms with Crippen LogP contribution in [-0.2, 0) is 0 Å². The van der Waals surface area contributed by atoms with E-state index in [-0.39, 0.29) is 24.3 Å². The topological polar surface area (TPSA) is 64.7 Å². The van der Waals surface area contributed by atoms with Crippen molar-refractivity contribution in [2.75, 3.05) is 7.05 Å². The lowest BCUT2D eigenvalue weighted by Crippen LogP contribution is -2.68. The van der Waals surface area contributed by atoms with Crippen LogP contribution in [-0.4, -0.2) is 41.2 Å². The lowest BCUT2D eigenvalue weighted by atomic mass is 10.3. The summed E-state index contributed by atoms with van der Waals surface area (Å²) in [6, 6.07) is -0.775. The Hall–Kier alpha value is -1.30. The summed E-state index contributed by atoms with van der Waals surface area (Å²) in [6.45, 7) is 5.52. The molecule has 0 saturated carbocycles. The molecule has 6 nitrogen and oxygen atoms in total. The van der Waals surface area contributed by atoms with Crippen molar-refractivity contribution in [3.8, 4) is 0 Å². The van der Waals surface area contributed by atoms with E-state index in [1.807, 2.05) is 6.92 Å². The van der Waals surface area contributed by atoms with Gasteiger partial charge in [0.05, 0.1) is 0 Å². The zero-order valence-electron chi connectivity index (χ0n) is 9.57. The molecule has 2 N–H and O–H groups in total. The van der Waals surface area contributed by atoms with Gasteiger partial charge in [-0.05, 0) is 20.3 Å². The maximum Gasteiger partial charge on any atom is 0.344 e. The molecular weight excluding hydrogens is 196 g/mol. The minimum Gasteiger partial charge on any atom is -0.316 e. The van der Waals surface area contributed by atoms with Crippen molar-refractivity contribution >= 4 is 12.1 Å². The Morgan fingerprint density at radius 2 is 2.07 bits per heavy atom. The lowest BCUT2D eigenvalue weighted by molar-refractivity contribution is 0.0705. The van der Waals surface area contributed by atoms with Gasteiger partial charge < -0.3 is 5.32 Å². The van der Waals surface area contributed by atoms with Crippen LogP contribution in [0.4, 0.5) is 9.59 Å². The number of hydrogen-bond acceptors (Lipinski definition) is 3. The van der Waals surface area contributed by atoms with Gasteiger partial charge in [-0.25, -0.2) is 24.9 Å². The second-order valence-electron chi connectivity index (χ2n) is 3.71. The number of hydrazine groups is 1. The van der Waals surface area contributed by atoms with E-state index >= 15 is 0 Å². The molecule has 1 aliphatic heterocycles. The van der Waals surface area contributed by atoms with Gasteiger partial charge in [0.1, 0.15) is 6.17 Å². The van der Waals surface area contributed by atoms with Gasteiger partial charge in [0, 0.05) is 13.1 Å². The highest BCUT2D eigenvalue weighted by Crippen LogP contribution is 2.13. The molecule has 1 heterocycles. The number of nitrogens with one attached hydrogen (secondary N) is 2. The maximum atomic E-state index is 11.9. The van der Waals surface area contributed by atoms with Crippen LogP contribution in [0.25, 0.3) is 0 Å². The first-order valence-electron chi connectivity index (χ1n) is 5.13. The fourth-order valence-corrected chi connectivity index (χ4v) is 1.60. The zero-order chi connectivity index (χ0) is 11.6. The fourth-order valence-electron chi connectivity index (χ4n) is 1.60. The third-order valence-electron chi connectivity index (χ3n) is 2.38. The Morgan fingerprint density at radius 3 is 2.47 bits per heavy atom. The number of carbonyl (C=O) groups excluding carboxylic acids is 2. The molecule has 86 valence electrons. The van der Waals surface area contributed by atoms with Gasteiger partial charge in [0.2, 0.25) is 0 Å². The molecule has 6 heteroatoms. The number of carbonyl (C=O) groups is 2. The fraction of sp³-hybridized carbons (Fsp3) is 0.778. The normalized spacial score (nSPS) is 22.3. The molecular formula is C9H18N4O2. The molecule has 0 radical (unpaired) electrons. The van der Waals surface area contributed by atoms with Gasteiger partial charge in [-0.2, -0.15) is 0 Å². The Labute approximate surface area is 89.6 Å². The van der Waals surface area contributed by atoms with Crippen LogP contribution in [0.5, 0.6) is 0 Å². The molecule has 1 aliphatic rings. The van der Waals surface area contributed by atoms with Crippen LogP contribution >= 0.6 is 0 Å². The monoisotopic (exact) mass is 214 g/mol. The van der Waals surface area contributed by atoms with E-state index in [2.05, 4.69) is 10.7 Å². The van der Waals surface area contributed by atoms with Crippen LogP contribution < -0.4 is 10.7 Å². The quantitative estimate of drug-likeness (QED) is 0.727. The van der Waals surface area contributed by atoms with Crippen molar-refractivity contribution in [3.05, 3.63) is 0 Å². The van der Waals surface area contributed by atoms with Crippen molar-refractivity contribution in [2.45, 2.75) is 39.4 Å². The average molecular weight is 214 g/mol.